The van der Waals surface area contributed by atoms with Gasteiger partial charge in [0.15, 0.2) is 0 Å². The van der Waals surface area contributed by atoms with Crippen molar-refractivity contribution in [2.45, 2.75) is 6.42 Å². The molecule has 0 aliphatic heterocycles. The van der Waals surface area contributed by atoms with E-state index >= 15 is 0 Å². The number of alkyl halides is 1. The Hall–Kier alpha value is 0.110. The van der Waals surface area contributed by atoms with Gasteiger partial charge in [-0.25, -0.2) is 0 Å². The van der Waals surface area contributed by atoms with Gasteiger partial charge in [0, 0.05) is 11.6 Å². The summed E-state index contributed by atoms with van der Waals surface area (Å²) in [6.45, 7) is 0.374. The number of hydrogen-bond donors (Lipinski definition) is 1. The smallest absolute Gasteiger partial charge is 0.307 e. The van der Waals surface area contributed by atoms with Crippen molar-refractivity contribution in [2.24, 2.45) is 0 Å². The van der Waals surface area contributed by atoms with Crippen LogP contribution in [0.15, 0.2) is 0 Å². The highest BCUT2D eigenvalue weighted by molar-refractivity contribution is 7.80. The quantitative estimate of drug-likeness (QED) is 0.387. The number of ether oxygens (including phenoxy) is 1. The first-order chi connectivity index (χ1) is 4.31. The molecule has 9 heavy (non-hydrogen) atoms. The molecule has 0 fully saturated rings. The van der Waals surface area contributed by atoms with Crippen LogP contribution < -0.4 is 0 Å². The molecule has 0 spiro atoms. The summed E-state index contributed by atoms with van der Waals surface area (Å²) in [5.74, 6) is 0.637. The van der Waals surface area contributed by atoms with E-state index in [2.05, 4.69) is 17.4 Å². The summed E-state index contributed by atoms with van der Waals surface area (Å²) >= 11 is 9.11. The number of halogens is 1. The molecule has 54 valence electrons. The molecular weight excluding hydrogens is 160 g/mol. The van der Waals surface area contributed by atoms with E-state index in [1.54, 1.807) is 0 Å². The topological polar surface area (TPSA) is 26.3 Å². The van der Waals surface area contributed by atoms with Crippen molar-refractivity contribution in [1.82, 2.24) is 0 Å². The number of esters is 1. The first-order valence-corrected chi connectivity index (χ1v) is 3.80. The van der Waals surface area contributed by atoms with Gasteiger partial charge < -0.3 is 4.74 Å². The maximum Gasteiger partial charge on any atom is 0.307 e. The molecule has 0 atom stereocenters. The Labute approximate surface area is 64.9 Å². The third-order valence-corrected chi connectivity index (χ3v) is 1.02. The average Bonchev–Trinajstić information content (AvgIpc) is 1.85. The molecule has 4 heteroatoms. The van der Waals surface area contributed by atoms with Crippen LogP contribution in [0.1, 0.15) is 6.42 Å². The van der Waals surface area contributed by atoms with Crippen LogP contribution in [0.5, 0.6) is 0 Å². The summed E-state index contributed by atoms with van der Waals surface area (Å²) < 4.78 is 4.63. The maximum atomic E-state index is 10.5. The van der Waals surface area contributed by atoms with E-state index < -0.39 is 0 Å². The normalized spacial score (nSPS) is 9.11. The lowest BCUT2D eigenvalue weighted by molar-refractivity contribution is -0.142. The standard InChI is InChI=1S/C5H9ClO2S/c6-2-1-5(7)8-3-4-9/h9H,1-4H2. The van der Waals surface area contributed by atoms with Gasteiger partial charge in [-0.15, -0.1) is 11.6 Å². The molecule has 0 rings (SSSR count). The van der Waals surface area contributed by atoms with Crippen LogP contribution in [0.2, 0.25) is 0 Å². The van der Waals surface area contributed by atoms with Crippen molar-refractivity contribution >= 4 is 30.2 Å². The lowest BCUT2D eigenvalue weighted by Crippen LogP contribution is -2.06. The monoisotopic (exact) mass is 168 g/mol. The predicted molar refractivity (Wildman–Crippen MR) is 40.1 cm³/mol. The minimum atomic E-state index is -0.251. The fourth-order valence-corrected chi connectivity index (χ4v) is 0.554. The molecule has 0 aromatic rings. The highest BCUT2D eigenvalue weighted by atomic mass is 35.5. The number of carbonyl (C=O) groups excluding carboxylic acids is 1. The Bertz CT molecular complexity index is 87.0. The van der Waals surface area contributed by atoms with Crippen molar-refractivity contribution in [3.63, 3.8) is 0 Å². The second-order valence-electron chi connectivity index (χ2n) is 1.38. The zero-order valence-electron chi connectivity index (χ0n) is 4.97. The van der Waals surface area contributed by atoms with Crippen molar-refractivity contribution < 1.29 is 9.53 Å². The molecule has 0 aromatic carbocycles. The molecule has 0 N–H and O–H groups in total. The number of carbonyl (C=O) groups is 1. The second kappa shape index (κ2) is 6.23. The molecule has 0 aromatic heterocycles. The summed E-state index contributed by atoms with van der Waals surface area (Å²) in [6, 6.07) is 0. The minimum Gasteiger partial charge on any atom is -0.465 e. The fraction of sp³-hybridized carbons (Fsp3) is 0.800. The molecule has 0 saturated heterocycles. The molecule has 0 aliphatic rings. The molecule has 0 unspecified atom stereocenters. The van der Waals surface area contributed by atoms with E-state index in [0.29, 0.717) is 18.2 Å². The summed E-state index contributed by atoms with van der Waals surface area (Å²) in [5, 5.41) is 0. The first kappa shape index (κ1) is 9.11. The van der Waals surface area contributed by atoms with Crippen LogP contribution in [0.25, 0.3) is 0 Å². The van der Waals surface area contributed by atoms with Crippen molar-refractivity contribution in [3.8, 4) is 0 Å². The lowest BCUT2D eigenvalue weighted by Gasteiger charge is -1.98. The van der Waals surface area contributed by atoms with Gasteiger partial charge in [0.2, 0.25) is 0 Å². The zero-order chi connectivity index (χ0) is 7.11. The van der Waals surface area contributed by atoms with Crippen LogP contribution in [0.3, 0.4) is 0 Å². The molecular formula is C5H9ClO2S. The predicted octanol–water partition coefficient (Wildman–Crippen LogP) is 1.09. The molecule has 0 radical (unpaired) electrons. The van der Waals surface area contributed by atoms with Crippen LogP contribution >= 0.6 is 24.2 Å². The SMILES string of the molecule is O=C(CCCl)OCCS. The molecule has 0 bridgehead atoms. The van der Waals surface area contributed by atoms with Gasteiger partial charge in [-0.05, 0) is 0 Å². The minimum absolute atomic E-state index is 0.251. The molecule has 2 nitrogen and oxygen atoms in total. The van der Waals surface area contributed by atoms with Crippen LogP contribution in [-0.2, 0) is 9.53 Å². The molecule has 0 heterocycles. The molecule has 0 saturated carbocycles. The summed E-state index contributed by atoms with van der Waals surface area (Å²) in [7, 11) is 0. The van der Waals surface area contributed by atoms with Gasteiger partial charge >= 0.3 is 5.97 Å². The number of rotatable bonds is 4. The van der Waals surface area contributed by atoms with Gasteiger partial charge in [-0.1, -0.05) is 0 Å². The van der Waals surface area contributed by atoms with E-state index in [1.807, 2.05) is 0 Å². The Morgan fingerprint density at radius 2 is 2.33 bits per heavy atom. The van der Waals surface area contributed by atoms with Crippen LogP contribution in [-0.4, -0.2) is 24.2 Å². The van der Waals surface area contributed by atoms with Crippen LogP contribution in [0.4, 0.5) is 0 Å². The van der Waals surface area contributed by atoms with Gasteiger partial charge in [0.1, 0.15) is 6.61 Å². The van der Waals surface area contributed by atoms with Crippen molar-refractivity contribution in [1.29, 1.82) is 0 Å². The van der Waals surface area contributed by atoms with E-state index in [9.17, 15) is 4.79 Å². The Morgan fingerprint density at radius 3 is 2.78 bits per heavy atom. The Balaban J connectivity index is 3.06. The second-order valence-corrected chi connectivity index (χ2v) is 2.21. The summed E-state index contributed by atoms with van der Waals surface area (Å²) in [5.41, 5.74) is 0. The highest BCUT2D eigenvalue weighted by Gasteiger charge is 1.98. The van der Waals surface area contributed by atoms with Crippen molar-refractivity contribution in [3.05, 3.63) is 0 Å². The van der Waals surface area contributed by atoms with Gasteiger partial charge in [0.05, 0.1) is 6.42 Å². The van der Waals surface area contributed by atoms with E-state index in [-0.39, 0.29) is 12.4 Å². The van der Waals surface area contributed by atoms with Gasteiger partial charge in [-0.2, -0.15) is 12.6 Å². The summed E-state index contributed by atoms with van der Waals surface area (Å²) in [6.07, 6.45) is 0.287. The molecule has 0 amide bonds. The molecule has 0 aliphatic carbocycles. The van der Waals surface area contributed by atoms with Gasteiger partial charge in [0.25, 0.3) is 0 Å². The fourth-order valence-electron chi connectivity index (χ4n) is 0.309. The number of thiol groups is 1. The van der Waals surface area contributed by atoms with Gasteiger partial charge in [-0.3, -0.25) is 4.79 Å². The lowest BCUT2D eigenvalue weighted by atomic mass is 10.5. The highest BCUT2D eigenvalue weighted by Crippen LogP contribution is 1.89. The first-order valence-electron chi connectivity index (χ1n) is 2.63. The Morgan fingerprint density at radius 1 is 1.67 bits per heavy atom. The van der Waals surface area contributed by atoms with E-state index in [4.69, 9.17) is 11.6 Å². The largest absolute Gasteiger partial charge is 0.465 e. The summed E-state index contributed by atoms with van der Waals surface area (Å²) in [4.78, 5) is 10.5. The van der Waals surface area contributed by atoms with Crippen LogP contribution in [0, 0.1) is 0 Å². The van der Waals surface area contributed by atoms with Crippen molar-refractivity contribution in [2.75, 3.05) is 18.2 Å². The maximum absolute atomic E-state index is 10.5. The third-order valence-electron chi connectivity index (χ3n) is 0.653. The third kappa shape index (κ3) is 5.99. The van der Waals surface area contributed by atoms with E-state index in [0.717, 1.165) is 0 Å². The Kier molecular flexibility index (Phi) is 6.31. The number of hydrogen-bond acceptors (Lipinski definition) is 3. The average molecular weight is 169 g/mol. The zero-order valence-corrected chi connectivity index (χ0v) is 6.62. The van der Waals surface area contributed by atoms with E-state index in [1.165, 1.54) is 0 Å².